The van der Waals surface area contributed by atoms with Gasteiger partial charge in [0.15, 0.2) is 6.10 Å². The molecule has 6 nitrogen and oxygen atoms in total. The minimum absolute atomic E-state index is 0.0259. The summed E-state index contributed by atoms with van der Waals surface area (Å²) in [6, 6.07) is 17.3. The fourth-order valence-corrected chi connectivity index (χ4v) is 4.41. The van der Waals surface area contributed by atoms with Crippen molar-refractivity contribution < 1.29 is 17.9 Å². The highest BCUT2D eigenvalue weighted by molar-refractivity contribution is 7.92. The third-order valence-corrected chi connectivity index (χ3v) is 7.12. The number of sulfonamides is 1. The van der Waals surface area contributed by atoms with E-state index in [0.29, 0.717) is 23.8 Å². The van der Waals surface area contributed by atoms with Crippen LogP contribution in [-0.4, -0.2) is 51.7 Å². The number of nitrogens with zero attached hydrogens (tertiary/aromatic N) is 2. The number of ether oxygens (including phenoxy) is 1. The number of rotatable bonds is 8. The van der Waals surface area contributed by atoms with Crippen LogP contribution in [-0.2, 0) is 21.2 Å². The SMILES string of the molecule is CCC(Oc1ccc(N(C)S(C)(=O)=O)cc1)C(=O)N1CCC(Cc2ccccc2)CC1. The second-order valence-corrected chi connectivity index (χ2v) is 10.2. The molecule has 0 bridgehead atoms. The average molecular weight is 445 g/mol. The lowest BCUT2D eigenvalue weighted by Gasteiger charge is -2.34. The summed E-state index contributed by atoms with van der Waals surface area (Å²) in [5, 5.41) is 0. The van der Waals surface area contributed by atoms with Crippen LogP contribution in [0, 0.1) is 5.92 Å². The van der Waals surface area contributed by atoms with Crippen LogP contribution in [0.2, 0.25) is 0 Å². The summed E-state index contributed by atoms with van der Waals surface area (Å²) in [7, 11) is -1.81. The second kappa shape index (κ2) is 10.2. The molecule has 0 spiro atoms. The smallest absolute Gasteiger partial charge is 0.263 e. The first-order valence-corrected chi connectivity index (χ1v) is 12.7. The van der Waals surface area contributed by atoms with Gasteiger partial charge in [0.2, 0.25) is 10.0 Å². The minimum Gasteiger partial charge on any atom is -0.481 e. The zero-order valence-corrected chi connectivity index (χ0v) is 19.3. The second-order valence-electron chi connectivity index (χ2n) is 8.20. The van der Waals surface area contributed by atoms with Gasteiger partial charge in [-0.1, -0.05) is 37.3 Å². The van der Waals surface area contributed by atoms with Crippen molar-refractivity contribution in [3.8, 4) is 5.75 Å². The molecule has 0 saturated carbocycles. The van der Waals surface area contributed by atoms with Crippen LogP contribution in [0.1, 0.15) is 31.7 Å². The summed E-state index contributed by atoms with van der Waals surface area (Å²) < 4.78 is 30.5. The Morgan fingerprint density at radius 1 is 1.10 bits per heavy atom. The molecule has 0 N–H and O–H groups in total. The number of benzene rings is 2. The Hall–Kier alpha value is -2.54. The van der Waals surface area contributed by atoms with E-state index in [4.69, 9.17) is 4.74 Å². The standard InChI is InChI=1S/C24H32N2O4S/c1-4-23(30-22-12-10-21(11-13-22)25(2)31(3,28)29)24(27)26-16-14-20(15-17-26)18-19-8-6-5-7-9-19/h5-13,20,23H,4,14-18H2,1-3H3. The number of carbonyl (C=O) groups excluding carboxylic acids is 1. The zero-order valence-electron chi connectivity index (χ0n) is 18.5. The third-order valence-electron chi connectivity index (χ3n) is 5.92. The predicted molar refractivity (Wildman–Crippen MR) is 124 cm³/mol. The molecule has 1 saturated heterocycles. The molecule has 3 rings (SSSR count). The van der Waals surface area contributed by atoms with E-state index < -0.39 is 16.1 Å². The summed E-state index contributed by atoms with van der Waals surface area (Å²) in [6.07, 6.45) is 4.27. The fourth-order valence-electron chi connectivity index (χ4n) is 3.91. The summed E-state index contributed by atoms with van der Waals surface area (Å²) >= 11 is 0. The first kappa shape index (κ1) is 23.1. The van der Waals surface area contributed by atoms with Crippen LogP contribution in [0.5, 0.6) is 5.75 Å². The van der Waals surface area contributed by atoms with Gasteiger partial charge in [0.25, 0.3) is 5.91 Å². The van der Waals surface area contributed by atoms with Crippen molar-refractivity contribution in [3.63, 3.8) is 0 Å². The Kier molecular flexibility index (Phi) is 7.59. The highest BCUT2D eigenvalue weighted by Crippen LogP contribution is 2.25. The van der Waals surface area contributed by atoms with Crippen molar-refractivity contribution in [1.29, 1.82) is 0 Å². The van der Waals surface area contributed by atoms with E-state index >= 15 is 0 Å². The molecule has 1 heterocycles. The molecule has 0 radical (unpaired) electrons. The highest BCUT2D eigenvalue weighted by Gasteiger charge is 2.28. The van der Waals surface area contributed by atoms with Gasteiger partial charge in [-0.3, -0.25) is 9.10 Å². The van der Waals surface area contributed by atoms with E-state index in [0.717, 1.165) is 38.6 Å². The van der Waals surface area contributed by atoms with E-state index in [2.05, 4.69) is 24.3 Å². The first-order chi connectivity index (χ1) is 14.8. The molecule has 1 atom stereocenters. The molecule has 1 aliphatic rings. The molecular formula is C24H32N2O4S. The van der Waals surface area contributed by atoms with E-state index in [1.165, 1.54) is 16.9 Å². The molecule has 1 aliphatic heterocycles. The first-order valence-electron chi connectivity index (χ1n) is 10.8. The van der Waals surface area contributed by atoms with Crippen molar-refractivity contribution >= 4 is 21.6 Å². The zero-order chi connectivity index (χ0) is 22.4. The van der Waals surface area contributed by atoms with Gasteiger partial charge in [-0.25, -0.2) is 8.42 Å². The number of piperidine rings is 1. The van der Waals surface area contributed by atoms with Gasteiger partial charge in [0, 0.05) is 20.1 Å². The average Bonchev–Trinajstić information content (AvgIpc) is 2.77. The molecule has 0 aromatic heterocycles. The lowest BCUT2D eigenvalue weighted by molar-refractivity contribution is -0.140. The lowest BCUT2D eigenvalue weighted by Crippen LogP contribution is -2.45. The van der Waals surface area contributed by atoms with Crippen molar-refractivity contribution in [2.75, 3.05) is 30.7 Å². The highest BCUT2D eigenvalue weighted by atomic mass is 32.2. The predicted octanol–water partition coefficient (Wildman–Crippen LogP) is 3.72. The summed E-state index contributed by atoms with van der Waals surface area (Å²) in [6.45, 7) is 3.46. The fraction of sp³-hybridized carbons (Fsp3) is 0.458. The molecule has 1 amide bonds. The van der Waals surface area contributed by atoms with Crippen LogP contribution >= 0.6 is 0 Å². The molecular weight excluding hydrogens is 412 g/mol. The Labute approximate surface area is 185 Å². The monoisotopic (exact) mass is 444 g/mol. The molecule has 2 aromatic carbocycles. The molecule has 2 aromatic rings. The van der Waals surface area contributed by atoms with Gasteiger partial charge in [-0.05, 0) is 61.4 Å². The van der Waals surface area contributed by atoms with Gasteiger partial charge in [-0.15, -0.1) is 0 Å². The molecule has 0 aliphatic carbocycles. The van der Waals surface area contributed by atoms with Gasteiger partial charge >= 0.3 is 0 Å². The number of hydrogen-bond acceptors (Lipinski definition) is 4. The number of amides is 1. The van der Waals surface area contributed by atoms with E-state index in [9.17, 15) is 13.2 Å². The van der Waals surface area contributed by atoms with E-state index in [1.54, 1.807) is 24.3 Å². The minimum atomic E-state index is -3.32. The Morgan fingerprint density at radius 3 is 2.26 bits per heavy atom. The van der Waals surface area contributed by atoms with Crippen LogP contribution < -0.4 is 9.04 Å². The maximum absolute atomic E-state index is 13.0. The van der Waals surface area contributed by atoms with Gasteiger partial charge in [-0.2, -0.15) is 0 Å². The van der Waals surface area contributed by atoms with Crippen molar-refractivity contribution in [3.05, 3.63) is 60.2 Å². The molecule has 168 valence electrons. The van der Waals surface area contributed by atoms with Crippen LogP contribution in [0.15, 0.2) is 54.6 Å². The molecule has 7 heteroatoms. The van der Waals surface area contributed by atoms with Crippen molar-refractivity contribution in [2.45, 2.75) is 38.7 Å². The Morgan fingerprint density at radius 2 is 1.71 bits per heavy atom. The Bertz CT molecular complexity index is 953. The number of anilines is 1. The summed E-state index contributed by atoms with van der Waals surface area (Å²) in [5.74, 6) is 1.19. The normalized spacial score (nSPS) is 16.0. The molecule has 1 fully saturated rings. The van der Waals surface area contributed by atoms with Crippen molar-refractivity contribution in [1.82, 2.24) is 4.90 Å². The van der Waals surface area contributed by atoms with E-state index in [1.807, 2.05) is 17.9 Å². The lowest BCUT2D eigenvalue weighted by atomic mass is 9.90. The Balaban J connectivity index is 1.54. The van der Waals surface area contributed by atoms with Gasteiger partial charge < -0.3 is 9.64 Å². The largest absolute Gasteiger partial charge is 0.481 e. The quantitative estimate of drug-likeness (QED) is 0.622. The van der Waals surface area contributed by atoms with E-state index in [-0.39, 0.29) is 5.91 Å². The summed E-state index contributed by atoms with van der Waals surface area (Å²) in [4.78, 5) is 14.9. The number of carbonyl (C=O) groups is 1. The maximum atomic E-state index is 13.0. The van der Waals surface area contributed by atoms with Gasteiger partial charge in [0.05, 0.1) is 11.9 Å². The van der Waals surface area contributed by atoms with Crippen LogP contribution in [0.3, 0.4) is 0 Å². The van der Waals surface area contributed by atoms with Gasteiger partial charge in [0.1, 0.15) is 5.75 Å². The number of likely N-dealkylation sites (tertiary alicyclic amines) is 1. The number of hydrogen-bond donors (Lipinski definition) is 0. The van der Waals surface area contributed by atoms with Crippen molar-refractivity contribution in [2.24, 2.45) is 5.92 Å². The third kappa shape index (κ3) is 6.23. The maximum Gasteiger partial charge on any atom is 0.263 e. The summed E-state index contributed by atoms with van der Waals surface area (Å²) in [5.41, 5.74) is 1.90. The van der Waals surface area contributed by atoms with Crippen LogP contribution in [0.25, 0.3) is 0 Å². The molecule has 31 heavy (non-hydrogen) atoms. The topological polar surface area (TPSA) is 66.9 Å². The molecule has 1 unspecified atom stereocenters. The van der Waals surface area contributed by atoms with Crippen LogP contribution in [0.4, 0.5) is 5.69 Å².